The first-order chi connectivity index (χ1) is 14.1. The van der Waals surface area contributed by atoms with Gasteiger partial charge in [-0.3, -0.25) is 23.4 Å². The molecule has 162 valence electrons. The van der Waals surface area contributed by atoms with Crippen LogP contribution in [0.1, 0.15) is 17.4 Å². The summed E-state index contributed by atoms with van der Waals surface area (Å²) in [4.78, 5) is 25.5. The summed E-state index contributed by atoms with van der Waals surface area (Å²) >= 11 is 0. The number of aromatic nitrogens is 2. The number of aryl methyl sites for hydroxylation is 1. The summed E-state index contributed by atoms with van der Waals surface area (Å²) in [5.41, 5.74) is -0.929. The zero-order chi connectivity index (χ0) is 21.7. The number of hydrogen-bond acceptors (Lipinski definition) is 9. The van der Waals surface area contributed by atoms with E-state index in [1.54, 1.807) is 18.2 Å². The summed E-state index contributed by atoms with van der Waals surface area (Å²) in [6.07, 6.45) is -4.67. The molecule has 1 aromatic carbocycles. The lowest BCUT2D eigenvalue weighted by atomic mass is 10.1. The maximum Gasteiger partial charge on any atom is 0.530 e. The van der Waals surface area contributed by atoms with Gasteiger partial charge in [0.05, 0.1) is 6.61 Å². The SMILES string of the molecule is Cc1cn([C@@H]2O[C@](F)(COP3(=O)OCc4ccccc4O3)[C@@H](O)[C@H]2O)c(=O)[nH]c1=O. The molecule has 0 radical (unpaired) electrons. The van der Waals surface area contributed by atoms with Crippen molar-refractivity contribution < 1.29 is 37.5 Å². The topological polar surface area (TPSA) is 149 Å². The Morgan fingerprint density at radius 3 is 2.87 bits per heavy atom. The Kier molecular flexibility index (Phi) is 5.17. The van der Waals surface area contributed by atoms with Crippen molar-refractivity contribution in [3.8, 4) is 5.75 Å². The van der Waals surface area contributed by atoms with Gasteiger partial charge in [-0.05, 0) is 13.0 Å². The molecular formula is C17H18FN2O9P. The van der Waals surface area contributed by atoms with Crippen LogP contribution in [0.4, 0.5) is 4.39 Å². The number of phosphoric acid groups is 1. The highest BCUT2D eigenvalue weighted by Gasteiger charge is 2.57. The molecular weight excluding hydrogens is 426 g/mol. The summed E-state index contributed by atoms with van der Waals surface area (Å²) in [7, 11) is -4.23. The lowest BCUT2D eigenvalue weighted by Crippen LogP contribution is -2.43. The molecule has 13 heteroatoms. The Morgan fingerprint density at radius 1 is 1.37 bits per heavy atom. The Bertz CT molecular complexity index is 1130. The van der Waals surface area contributed by atoms with Crippen LogP contribution in [0.2, 0.25) is 0 Å². The van der Waals surface area contributed by atoms with E-state index in [0.717, 1.165) is 10.8 Å². The van der Waals surface area contributed by atoms with Crippen molar-refractivity contribution in [2.45, 2.75) is 37.8 Å². The summed E-state index contributed by atoms with van der Waals surface area (Å²) in [6.45, 7) is 0.158. The van der Waals surface area contributed by atoms with E-state index in [-0.39, 0.29) is 17.9 Å². The van der Waals surface area contributed by atoms with E-state index in [4.69, 9.17) is 18.3 Å². The van der Waals surface area contributed by atoms with Crippen LogP contribution in [-0.2, 0) is 25.0 Å². The van der Waals surface area contributed by atoms with Crippen molar-refractivity contribution in [1.82, 2.24) is 9.55 Å². The van der Waals surface area contributed by atoms with E-state index in [9.17, 15) is 24.4 Å². The number of nitrogens with zero attached hydrogens (tertiary/aromatic N) is 1. The van der Waals surface area contributed by atoms with E-state index >= 15 is 4.39 Å². The maximum absolute atomic E-state index is 15.2. The molecule has 0 aliphatic carbocycles. The number of phosphoric ester groups is 1. The van der Waals surface area contributed by atoms with Crippen molar-refractivity contribution in [1.29, 1.82) is 0 Å². The largest absolute Gasteiger partial charge is 0.530 e. The number of benzene rings is 1. The molecule has 4 rings (SSSR count). The van der Waals surface area contributed by atoms with Gasteiger partial charge in [-0.1, -0.05) is 18.2 Å². The van der Waals surface area contributed by atoms with Crippen LogP contribution in [0.3, 0.4) is 0 Å². The first-order valence-corrected chi connectivity index (χ1v) is 10.3. The molecule has 2 aliphatic heterocycles. The molecule has 30 heavy (non-hydrogen) atoms. The number of H-pyrrole nitrogens is 1. The van der Waals surface area contributed by atoms with E-state index in [1.807, 2.05) is 4.98 Å². The Morgan fingerprint density at radius 2 is 2.10 bits per heavy atom. The summed E-state index contributed by atoms with van der Waals surface area (Å²) in [5.74, 6) is -2.81. The monoisotopic (exact) mass is 444 g/mol. The van der Waals surface area contributed by atoms with Crippen molar-refractivity contribution in [2.75, 3.05) is 6.61 Å². The van der Waals surface area contributed by atoms with Gasteiger partial charge < -0.3 is 19.5 Å². The van der Waals surface area contributed by atoms with Gasteiger partial charge >= 0.3 is 13.5 Å². The first kappa shape index (κ1) is 20.9. The standard InChI is InChI=1S/C17H18FN2O9P/c1-9-6-20(16(24)19-14(9)23)15-12(21)13(22)17(18,28-15)8-27-30(25)26-7-10-4-2-3-5-11(10)29-30/h2-6,12-13,15,21-22H,7-8H2,1H3,(H,19,23,24)/t12-,13+,15-,17-,30?/m1/s1. The van der Waals surface area contributed by atoms with Crippen molar-refractivity contribution in [2.24, 2.45) is 0 Å². The van der Waals surface area contributed by atoms with Crippen molar-refractivity contribution >= 4 is 7.82 Å². The molecule has 1 saturated heterocycles. The highest BCUT2D eigenvalue weighted by Crippen LogP contribution is 2.55. The molecule has 1 aromatic heterocycles. The molecule has 2 aromatic rings. The van der Waals surface area contributed by atoms with Gasteiger partial charge in [0, 0.05) is 17.3 Å². The van der Waals surface area contributed by atoms with Gasteiger partial charge in [-0.25, -0.2) is 13.8 Å². The lowest BCUT2D eigenvalue weighted by Gasteiger charge is -2.28. The average molecular weight is 444 g/mol. The second-order valence-electron chi connectivity index (χ2n) is 6.90. The minimum absolute atomic E-state index is 0.0969. The third kappa shape index (κ3) is 3.62. The molecule has 0 bridgehead atoms. The molecule has 3 heterocycles. The van der Waals surface area contributed by atoms with Gasteiger partial charge in [0.25, 0.3) is 11.4 Å². The van der Waals surface area contributed by atoms with Crippen LogP contribution in [0, 0.1) is 6.92 Å². The third-order valence-corrected chi connectivity index (χ3v) is 6.09. The van der Waals surface area contributed by atoms with E-state index in [0.29, 0.717) is 5.56 Å². The highest BCUT2D eigenvalue weighted by molar-refractivity contribution is 7.49. The molecule has 2 aliphatic rings. The molecule has 5 atom stereocenters. The fraction of sp³-hybridized carbons (Fsp3) is 0.412. The second-order valence-corrected chi connectivity index (χ2v) is 8.50. The van der Waals surface area contributed by atoms with Crippen molar-refractivity contribution in [3.05, 3.63) is 62.4 Å². The Labute approximate surface area is 168 Å². The van der Waals surface area contributed by atoms with Gasteiger partial charge in [0.15, 0.2) is 6.23 Å². The fourth-order valence-electron chi connectivity index (χ4n) is 3.11. The number of para-hydroxylation sites is 1. The molecule has 11 nitrogen and oxygen atoms in total. The van der Waals surface area contributed by atoms with E-state index < -0.39 is 50.0 Å². The summed E-state index contributed by atoms with van der Waals surface area (Å²) in [6, 6.07) is 6.58. The predicted octanol–water partition coefficient (Wildman–Crippen LogP) is 0.495. The maximum atomic E-state index is 15.2. The predicted molar refractivity (Wildman–Crippen MR) is 97.5 cm³/mol. The van der Waals surface area contributed by atoms with Crippen LogP contribution in [0.15, 0.2) is 40.1 Å². The number of hydrogen-bond donors (Lipinski definition) is 3. The normalized spacial score (nSPS) is 33.1. The number of aromatic amines is 1. The second kappa shape index (κ2) is 7.41. The highest BCUT2D eigenvalue weighted by atomic mass is 31.2. The number of nitrogens with one attached hydrogen (secondary N) is 1. The number of halogens is 1. The minimum Gasteiger partial charge on any atom is -0.404 e. The van der Waals surface area contributed by atoms with E-state index in [2.05, 4.69) is 0 Å². The number of rotatable bonds is 4. The van der Waals surface area contributed by atoms with Gasteiger partial charge in [-0.15, -0.1) is 0 Å². The molecule has 1 unspecified atom stereocenters. The number of alkyl halides is 1. The zero-order valence-corrected chi connectivity index (χ0v) is 16.5. The number of aliphatic hydroxyl groups excluding tert-OH is 2. The quantitative estimate of drug-likeness (QED) is 0.573. The van der Waals surface area contributed by atoms with Gasteiger partial charge in [0.2, 0.25) is 0 Å². The van der Waals surface area contributed by atoms with Crippen molar-refractivity contribution in [3.63, 3.8) is 0 Å². The summed E-state index contributed by atoms with van der Waals surface area (Å²) < 4.78 is 48.9. The molecule has 3 N–H and O–H groups in total. The average Bonchev–Trinajstić information content (AvgIpc) is 2.94. The van der Waals surface area contributed by atoms with Crippen LogP contribution in [0.25, 0.3) is 0 Å². The number of fused-ring (bicyclic) bond motifs is 1. The van der Waals surface area contributed by atoms with Crippen LogP contribution >= 0.6 is 7.82 Å². The first-order valence-electron chi connectivity index (χ1n) is 8.83. The molecule has 0 amide bonds. The number of aliphatic hydroxyl groups is 2. The van der Waals surface area contributed by atoms with E-state index in [1.165, 1.54) is 13.0 Å². The van der Waals surface area contributed by atoms with Crippen LogP contribution in [-0.4, -0.2) is 44.4 Å². The molecule has 0 spiro atoms. The smallest absolute Gasteiger partial charge is 0.404 e. The van der Waals surface area contributed by atoms with Gasteiger partial charge in [0.1, 0.15) is 24.6 Å². The van der Waals surface area contributed by atoms with Crippen LogP contribution < -0.4 is 15.8 Å². The Hall–Kier alpha value is -2.34. The summed E-state index contributed by atoms with van der Waals surface area (Å²) in [5, 5.41) is 20.4. The Balaban J connectivity index is 1.52. The van der Waals surface area contributed by atoms with Crippen LogP contribution in [0.5, 0.6) is 5.75 Å². The zero-order valence-electron chi connectivity index (χ0n) is 15.6. The molecule has 0 saturated carbocycles. The minimum atomic E-state index is -4.23. The molecule has 1 fully saturated rings. The van der Waals surface area contributed by atoms with Gasteiger partial charge in [-0.2, -0.15) is 0 Å². The lowest BCUT2D eigenvalue weighted by molar-refractivity contribution is -0.205. The fourth-order valence-corrected chi connectivity index (χ4v) is 4.34. The number of ether oxygens (including phenoxy) is 1. The third-order valence-electron chi connectivity index (χ3n) is 4.77.